The van der Waals surface area contributed by atoms with Gasteiger partial charge in [-0.05, 0) is 17.5 Å². The summed E-state index contributed by atoms with van der Waals surface area (Å²) in [6.07, 6.45) is 0.710. The largest absolute Gasteiger partial charge is 0.386 e. The highest BCUT2D eigenvalue weighted by atomic mass is 16.1. The molecule has 0 fully saturated rings. The number of para-hydroxylation sites is 1. The second kappa shape index (κ2) is 4.65. The molecule has 0 spiro atoms. The molecule has 0 bridgehead atoms. The van der Waals surface area contributed by atoms with Crippen LogP contribution >= 0.6 is 0 Å². The summed E-state index contributed by atoms with van der Waals surface area (Å²) in [5.74, 6) is 0.394. The molecule has 0 saturated carbocycles. The lowest BCUT2D eigenvalue weighted by molar-refractivity contribution is -0.105. The van der Waals surface area contributed by atoms with Crippen molar-refractivity contribution in [3.05, 3.63) is 23.8 Å². The predicted octanol–water partition coefficient (Wildman–Crippen LogP) is 2.42. The molecule has 1 rings (SSSR count). The van der Waals surface area contributed by atoms with Gasteiger partial charge in [0.2, 0.25) is 6.41 Å². The maximum atomic E-state index is 10.5. The second-order valence-electron chi connectivity index (χ2n) is 3.44. The molecular weight excluding hydrogens is 176 g/mol. The number of anilines is 2. The van der Waals surface area contributed by atoms with Crippen molar-refractivity contribution in [3.8, 4) is 0 Å². The monoisotopic (exact) mass is 192 g/mol. The van der Waals surface area contributed by atoms with Crippen LogP contribution in [0.25, 0.3) is 0 Å². The van der Waals surface area contributed by atoms with Crippen molar-refractivity contribution < 1.29 is 4.79 Å². The number of hydrogen-bond donors (Lipinski definition) is 2. The van der Waals surface area contributed by atoms with Gasteiger partial charge in [0.05, 0.1) is 11.4 Å². The van der Waals surface area contributed by atoms with E-state index in [1.807, 2.05) is 25.2 Å². The number of rotatable bonds is 4. The Bertz CT molecular complexity index is 321. The van der Waals surface area contributed by atoms with Gasteiger partial charge in [0.15, 0.2) is 0 Å². The zero-order valence-corrected chi connectivity index (χ0v) is 8.79. The summed E-state index contributed by atoms with van der Waals surface area (Å²) in [5, 5.41) is 5.79. The molecule has 1 aromatic carbocycles. The number of hydrogen-bond acceptors (Lipinski definition) is 2. The first-order valence-corrected chi connectivity index (χ1v) is 4.71. The Hall–Kier alpha value is -1.51. The van der Waals surface area contributed by atoms with Crippen molar-refractivity contribution in [1.29, 1.82) is 0 Å². The maximum Gasteiger partial charge on any atom is 0.211 e. The number of carbonyl (C=O) groups is 1. The number of benzene rings is 1. The first-order valence-electron chi connectivity index (χ1n) is 4.71. The molecule has 0 aromatic heterocycles. The fraction of sp³-hybridized carbons (Fsp3) is 0.364. The molecule has 0 atom stereocenters. The molecule has 76 valence electrons. The average Bonchev–Trinajstić information content (AvgIpc) is 2.18. The van der Waals surface area contributed by atoms with Gasteiger partial charge in [0, 0.05) is 7.05 Å². The van der Waals surface area contributed by atoms with Gasteiger partial charge in [-0.25, -0.2) is 0 Å². The van der Waals surface area contributed by atoms with Crippen LogP contribution in [0, 0.1) is 0 Å². The van der Waals surface area contributed by atoms with E-state index in [0.717, 1.165) is 16.9 Å². The first-order chi connectivity index (χ1) is 6.70. The molecule has 14 heavy (non-hydrogen) atoms. The van der Waals surface area contributed by atoms with Gasteiger partial charge >= 0.3 is 0 Å². The third-order valence-corrected chi connectivity index (χ3v) is 2.19. The predicted molar refractivity (Wildman–Crippen MR) is 59.8 cm³/mol. The molecule has 0 aliphatic rings. The van der Waals surface area contributed by atoms with Crippen LogP contribution in [-0.4, -0.2) is 13.5 Å². The molecule has 0 aliphatic carbocycles. The minimum atomic E-state index is 0.394. The first kappa shape index (κ1) is 10.6. The highest BCUT2D eigenvalue weighted by Gasteiger charge is 2.09. The van der Waals surface area contributed by atoms with E-state index in [1.165, 1.54) is 0 Å². The van der Waals surface area contributed by atoms with Gasteiger partial charge in [-0.15, -0.1) is 0 Å². The van der Waals surface area contributed by atoms with E-state index in [4.69, 9.17) is 0 Å². The van der Waals surface area contributed by atoms with Crippen molar-refractivity contribution in [2.24, 2.45) is 0 Å². The van der Waals surface area contributed by atoms with Crippen molar-refractivity contribution in [1.82, 2.24) is 0 Å². The van der Waals surface area contributed by atoms with E-state index in [0.29, 0.717) is 12.3 Å². The highest BCUT2D eigenvalue weighted by Crippen LogP contribution is 2.30. The summed E-state index contributed by atoms with van der Waals surface area (Å²) in [7, 11) is 1.84. The van der Waals surface area contributed by atoms with Gasteiger partial charge in [0.1, 0.15) is 0 Å². The Morgan fingerprint density at radius 3 is 2.57 bits per heavy atom. The lowest BCUT2D eigenvalue weighted by Crippen LogP contribution is -2.04. The highest BCUT2D eigenvalue weighted by molar-refractivity contribution is 5.83. The van der Waals surface area contributed by atoms with Gasteiger partial charge in [-0.2, -0.15) is 0 Å². The summed E-state index contributed by atoms with van der Waals surface area (Å²) < 4.78 is 0. The molecule has 0 saturated heterocycles. The SMILES string of the molecule is CNc1cccc(C(C)C)c1NC=O. The molecule has 0 radical (unpaired) electrons. The minimum Gasteiger partial charge on any atom is -0.386 e. The van der Waals surface area contributed by atoms with Crippen LogP contribution in [0.3, 0.4) is 0 Å². The number of amides is 1. The van der Waals surface area contributed by atoms with Crippen molar-refractivity contribution in [2.45, 2.75) is 19.8 Å². The van der Waals surface area contributed by atoms with E-state index in [-0.39, 0.29) is 0 Å². The second-order valence-corrected chi connectivity index (χ2v) is 3.44. The molecule has 0 aliphatic heterocycles. The van der Waals surface area contributed by atoms with E-state index in [9.17, 15) is 4.79 Å². The normalized spacial score (nSPS) is 10.0. The van der Waals surface area contributed by atoms with Crippen molar-refractivity contribution in [3.63, 3.8) is 0 Å². The molecule has 0 unspecified atom stereocenters. The minimum absolute atomic E-state index is 0.394. The topological polar surface area (TPSA) is 41.1 Å². The smallest absolute Gasteiger partial charge is 0.211 e. The summed E-state index contributed by atoms with van der Waals surface area (Å²) in [6.45, 7) is 4.20. The van der Waals surface area contributed by atoms with Crippen LogP contribution in [0.1, 0.15) is 25.3 Å². The van der Waals surface area contributed by atoms with E-state index < -0.39 is 0 Å². The Labute approximate surface area is 84.5 Å². The zero-order valence-electron chi connectivity index (χ0n) is 8.79. The van der Waals surface area contributed by atoms with Crippen LogP contribution in [0.2, 0.25) is 0 Å². The van der Waals surface area contributed by atoms with Gasteiger partial charge in [-0.3, -0.25) is 4.79 Å². The van der Waals surface area contributed by atoms with Gasteiger partial charge < -0.3 is 10.6 Å². The summed E-state index contributed by atoms with van der Waals surface area (Å²) in [4.78, 5) is 10.5. The molecule has 0 heterocycles. The van der Waals surface area contributed by atoms with Crippen LogP contribution < -0.4 is 10.6 Å². The van der Waals surface area contributed by atoms with Gasteiger partial charge in [0.25, 0.3) is 0 Å². The fourth-order valence-electron chi connectivity index (χ4n) is 1.48. The van der Waals surface area contributed by atoms with Crippen LogP contribution in [0.5, 0.6) is 0 Å². The standard InChI is InChI=1S/C11H16N2O/c1-8(2)9-5-4-6-10(12-3)11(9)13-7-14/h4-8,12H,1-3H3,(H,13,14). The summed E-state index contributed by atoms with van der Waals surface area (Å²) in [6, 6.07) is 5.95. The molecular formula is C11H16N2O. The van der Waals surface area contributed by atoms with Crippen LogP contribution in [-0.2, 0) is 4.79 Å². The Morgan fingerprint density at radius 1 is 1.36 bits per heavy atom. The maximum absolute atomic E-state index is 10.5. The summed E-state index contributed by atoms with van der Waals surface area (Å²) in [5.41, 5.74) is 2.97. The Morgan fingerprint density at radius 2 is 2.07 bits per heavy atom. The van der Waals surface area contributed by atoms with Gasteiger partial charge in [-0.1, -0.05) is 26.0 Å². The fourth-order valence-corrected chi connectivity index (χ4v) is 1.48. The lowest BCUT2D eigenvalue weighted by atomic mass is 10.00. The molecule has 1 amide bonds. The van der Waals surface area contributed by atoms with Crippen LogP contribution in [0.4, 0.5) is 11.4 Å². The van der Waals surface area contributed by atoms with Crippen LogP contribution in [0.15, 0.2) is 18.2 Å². The zero-order chi connectivity index (χ0) is 10.6. The Balaban J connectivity index is 3.20. The quantitative estimate of drug-likeness (QED) is 0.719. The van der Waals surface area contributed by atoms with E-state index >= 15 is 0 Å². The molecule has 1 aromatic rings. The van der Waals surface area contributed by atoms with E-state index in [2.05, 4.69) is 24.5 Å². The Kier molecular flexibility index (Phi) is 3.51. The van der Waals surface area contributed by atoms with Crippen molar-refractivity contribution >= 4 is 17.8 Å². The van der Waals surface area contributed by atoms with E-state index in [1.54, 1.807) is 0 Å². The summed E-state index contributed by atoms with van der Waals surface area (Å²) >= 11 is 0. The number of nitrogens with one attached hydrogen (secondary N) is 2. The van der Waals surface area contributed by atoms with Crippen molar-refractivity contribution in [2.75, 3.05) is 17.7 Å². The third-order valence-electron chi connectivity index (χ3n) is 2.19. The average molecular weight is 192 g/mol. The number of carbonyl (C=O) groups excluding carboxylic acids is 1. The molecule has 3 heteroatoms. The third kappa shape index (κ3) is 2.05. The molecule has 3 nitrogen and oxygen atoms in total. The lowest BCUT2D eigenvalue weighted by Gasteiger charge is -2.15. The molecule has 2 N–H and O–H groups in total.